The minimum Gasteiger partial charge on any atom is -0.405 e. The van der Waals surface area contributed by atoms with Crippen LogP contribution in [0.3, 0.4) is 0 Å². The van der Waals surface area contributed by atoms with Gasteiger partial charge < -0.3 is 10.5 Å². The molecule has 0 bridgehead atoms. The highest BCUT2D eigenvalue weighted by atomic mass is 79.9. The summed E-state index contributed by atoms with van der Waals surface area (Å²) in [6.45, 7) is 0. The Bertz CT molecular complexity index is 444. The largest absolute Gasteiger partial charge is 0.573 e. The molecule has 0 saturated heterocycles. The van der Waals surface area contributed by atoms with Crippen molar-refractivity contribution in [3.63, 3.8) is 0 Å². The number of rotatable bonds is 3. The summed E-state index contributed by atoms with van der Waals surface area (Å²) in [6.07, 6.45) is -0.611. The first-order valence-corrected chi connectivity index (χ1v) is 6.97. The van der Waals surface area contributed by atoms with E-state index in [9.17, 15) is 13.2 Å². The molecule has 2 nitrogen and oxygen atoms in total. The lowest BCUT2D eigenvalue weighted by Crippen LogP contribution is -2.23. The van der Waals surface area contributed by atoms with E-state index in [0.717, 1.165) is 25.7 Å². The fraction of sp³-hybridized carbons (Fsp3) is 0.538. The van der Waals surface area contributed by atoms with E-state index < -0.39 is 12.4 Å². The summed E-state index contributed by atoms with van der Waals surface area (Å²) in [6, 6.07) is 4.02. The Morgan fingerprint density at radius 3 is 2.47 bits per heavy atom. The molecule has 6 heteroatoms. The average molecular weight is 338 g/mol. The predicted octanol–water partition coefficient (Wildman–Crippen LogP) is 4.54. The third-order valence-corrected chi connectivity index (χ3v) is 3.96. The molecule has 0 radical (unpaired) electrons. The Kier molecular flexibility index (Phi) is 4.40. The van der Waals surface area contributed by atoms with Gasteiger partial charge in [-0.05, 0) is 37.0 Å². The number of benzene rings is 1. The van der Waals surface area contributed by atoms with E-state index in [1.165, 1.54) is 12.1 Å². The van der Waals surface area contributed by atoms with Crippen LogP contribution in [0.1, 0.15) is 37.3 Å². The van der Waals surface area contributed by atoms with Gasteiger partial charge in [0, 0.05) is 16.1 Å². The monoisotopic (exact) mass is 337 g/mol. The number of hydrogen-bond donors (Lipinski definition) is 1. The molecule has 2 N–H and O–H groups in total. The van der Waals surface area contributed by atoms with Gasteiger partial charge in [-0.3, -0.25) is 0 Å². The maximum atomic E-state index is 12.4. The standard InChI is InChI=1S/C13H15BrF3NO/c14-9-5-6-11(19-13(15,16)17)10(7-9)12(18)8-3-1-2-4-8/h5-8,12H,1-4,18H2/t12-/m1/s1. The summed E-state index contributed by atoms with van der Waals surface area (Å²) in [5.41, 5.74) is 6.54. The van der Waals surface area contributed by atoms with E-state index in [0.29, 0.717) is 10.0 Å². The summed E-state index contributed by atoms with van der Waals surface area (Å²) in [4.78, 5) is 0. The first-order valence-electron chi connectivity index (χ1n) is 6.17. The van der Waals surface area contributed by atoms with E-state index >= 15 is 0 Å². The van der Waals surface area contributed by atoms with Gasteiger partial charge in [-0.25, -0.2) is 0 Å². The van der Waals surface area contributed by atoms with Crippen molar-refractivity contribution in [3.8, 4) is 5.75 Å². The van der Waals surface area contributed by atoms with Crippen molar-refractivity contribution in [1.82, 2.24) is 0 Å². The fourth-order valence-corrected chi connectivity index (χ4v) is 2.95. The first kappa shape index (κ1) is 14.7. The lowest BCUT2D eigenvalue weighted by Gasteiger charge is -2.22. The van der Waals surface area contributed by atoms with Crippen molar-refractivity contribution in [3.05, 3.63) is 28.2 Å². The molecular formula is C13H15BrF3NO. The second-order valence-electron chi connectivity index (χ2n) is 4.80. The number of halogens is 4. The first-order chi connectivity index (χ1) is 8.87. The van der Waals surface area contributed by atoms with Gasteiger partial charge in [0.15, 0.2) is 0 Å². The predicted molar refractivity (Wildman–Crippen MR) is 69.7 cm³/mol. The molecule has 1 aliphatic carbocycles. The molecule has 1 aromatic carbocycles. The Hall–Kier alpha value is -0.750. The molecular weight excluding hydrogens is 323 g/mol. The van der Waals surface area contributed by atoms with E-state index in [1.54, 1.807) is 6.07 Å². The van der Waals surface area contributed by atoms with Gasteiger partial charge in [-0.15, -0.1) is 13.2 Å². The molecule has 0 aliphatic heterocycles. The number of hydrogen-bond acceptors (Lipinski definition) is 2. The molecule has 1 fully saturated rings. The second-order valence-corrected chi connectivity index (χ2v) is 5.72. The molecule has 2 rings (SSSR count). The summed E-state index contributed by atoms with van der Waals surface area (Å²) < 4.78 is 41.9. The van der Waals surface area contributed by atoms with Crippen LogP contribution in [0.25, 0.3) is 0 Å². The lowest BCUT2D eigenvalue weighted by atomic mass is 9.92. The Morgan fingerprint density at radius 1 is 1.26 bits per heavy atom. The number of ether oxygens (including phenoxy) is 1. The zero-order valence-corrected chi connectivity index (χ0v) is 11.8. The maximum Gasteiger partial charge on any atom is 0.573 e. The van der Waals surface area contributed by atoms with Crippen LogP contribution < -0.4 is 10.5 Å². The molecule has 0 heterocycles. The Labute approximate surface area is 118 Å². The van der Waals surface area contributed by atoms with Gasteiger partial charge in [0.2, 0.25) is 0 Å². The molecule has 0 spiro atoms. The van der Waals surface area contributed by atoms with Crippen LogP contribution in [0, 0.1) is 5.92 Å². The zero-order valence-electron chi connectivity index (χ0n) is 10.2. The third kappa shape index (κ3) is 3.86. The van der Waals surface area contributed by atoms with E-state index in [1.807, 2.05) is 0 Å². The van der Waals surface area contributed by atoms with Gasteiger partial charge in [0.05, 0.1) is 0 Å². The SMILES string of the molecule is N[C@@H](c1cc(Br)ccc1OC(F)(F)F)C1CCCC1. The van der Waals surface area contributed by atoms with E-state index in [-0.39, 0.29) is 11.7 Å². The third-order valence-electron chi connectivity index (χ3n) is 3.46. The molecule has 1 aliphatic rings. The smallest absolute Gasteiger partial charge is 0.405 e. The van der Waals surface area contributed by atoms with Crippen molar-refractivity contribution in [1.29, 1.82) is 0 Å². The van der Waals surface area contributed by atoms with Gasteiger partial charge in [0.25, 0.3) is 0 Å². The second kappa shape index (κ2) is 5.71. The molecule has 0 unspecified atom stereocenters. The fourth-order valence-electron chi connectivity index (χ4n) is 2.57. The highest BCUT2D eigenvalue weighted by Gasteiger charge is 2.34. The van der Waals surface area contributed by atoms with Crippen LogP contribution in [-0.2, 0) is 0 Å². The molecule has 106 valence electrons. The summed E-state index contributed by atoms with van der Waals surface area (Å²) in [5, 5.41) is 0. The highest BCUT2D eigenvalue weighted by molar-refractivity contribution is 9.10. The van der Waals surface area contributed by atoms with Crippen LogP contribution in [0.4, 0.5) is 13.2 Å². The minimum absolute atomic E-state index is 0.199. The zero-order chi connectivity index (χ0) is 14.0. The Balaban J connectivity index is 2.28. The lowest BCUT2D eigenvalue weighted by molar-refractivity contribution is -0.275. The number of alkyl halides is 3. The average Bonchev–Trinajstić information content (AvgIpc) is 2.82. The summed E-state index contributed by atoms with van der Waals surface area (Å²) >= 11 is 3.26. The maximum absolute atomic E-state index is 12.4. The minimum atomic E-state index is -4.70. The molecule has 1 aromatic rings. The van der Waals surface area contributed by atoms with E-state index in [2.05, 4.69) is 20.7 Å². The van der Waals surface area contributed by atoms with Crippen LogP contribution >= 0.6 is 15.9 Å². The van der Waals surface area contributed by atoms with Crippen molar-refractivity contribution in [2.45, 2.75) is 38.1 Å². The topological polar surface area (TPSA) is 35.2 Å². The van der Waals surface area contributed by atoms with Gasteiger partial charge in [0.1, 0.15) is 5.75 Å². The number of nitrogens with two attached hydrogens (primary N) is 1. The summed E-state index contributed by atoms with van der Waals surface area (Å²) in [5.74, 6) is 0.0278. The van der Waals surface area contributed by atoms with Crippen molar-refractivity contribution >= 4 is 15.9 Å². The summed E-state index contributed by atoms with van der Waals surface area (Å²) in [7, 11) is 0. The normalized spacial score (nSPS) is 18.6. The van der Waals surface area contributed by atoms with Crippen LogP contribution in [-0.4, -0.2) is 6.36 Å². The quantitative estimate of drug-likeness (QED) is 0.878. The van der Waals surface area contributed by atoms with Crippen LogP contribution in [0.2, 0.25) is 0 Å². The van der Waals surface area contributed by atoms with Gasteiger partial charge in [-0.1, -0.05) is 28.8 Å². The van der Waals surface area contributed by atoms with Crippen LogP contribution in [0.5, 0.6) is 5.75 Å². The van der Waals surface area contributed by atoms with Gasteiger partial charge in [-0.2, -0.15) is 0 Å². The van der Waals surface area contributed by atoms with Crippen molar-refractivity contribution in [2.24, 2.45) is 11.7 Å². The van der Waals surface area contributed by atoms with E-state index in [4.69, 9.17) is 5.73 Å². The van der Waals surface area contributed by atoms with Crippen LogP contribution in [0.15, 0.2) is 22.7 Å². The van der Waals surface area contributed by atoms with Crippen molar-refractivity contribution < 1.29 is 17.9 Å². The molecule has 19 heavy (non-hydrogen) atoms. The highest BCUT2D eigenvalue weighted by Crippen LogP contribution is 2.39. The van der Waals surface area contributed by atoms with Gasteiger partial charge >= 0.3 is 6.36 Å². The Morgan fingerprint density at radius 2 is 1.89 bits per heavy atom. The molecule has 0 amide bonds. The van der Waals surface area contributed by atoms with Crippen molar-refractivity contribution in [2.75, 3.05) is 0 Å². The molecule has 1 atom stereocenters. The molecule has 0 aromatic heterocycles. The molecule has 1 saturated carbocycles.